The van der Waals surface area contributed by atoms with Gasteiger partial charge in [-0.3, -0.25) is 4.79 Å². The Bertz CT molecular complexity index is 375. The van der Waals surface area contributed by atoms with E-state index in [-0.39, 0.29) is 5.12 Å². The highest BCUT2D eigenvalue weighted by atomic mass is 32.2. The van der Waals surface area contributed by atoms with Crippen LogP contribution < -0.4 is 0 Å². The van der Waals surface area contributed by atoms with E-state index < -0.39 is 0 Å². The number of thioether (sulfide) groups is 1. The molecule has 1 fully saturated rings. The SMILES string of the molecule is CN1CC(=O)SC1=Nc1ccccc1. The van der Waals surface area contributed by atoms with Crippen molar-refractivity contribution in [3.63, 3.8) is 0 Å². The number of rotatable bonds is 1. The summed E-state index contributed by atoms with van der Waals surface area (Å²) in [6.45, 7) is 0.455. The zero-order chi connectivity index (χ0) is 9.97. The Hall–Kier alpha value is -1.29. The molecule has 0 saturated carbocycles. The van der Waals surface area contributed by atoms with Gasteiger partial charge in [-0.25, -0.2) is 4.99 Å². The number of carbonyl (C=O) groups excluding carboxylic acids is 1. The average Bonchev–Trinajstić information content (AvgIpc) is 2.47. The predicted molar refractivity (Wildman–Crippen MR) is 58.8 cm³/mol. The van der Waals surface area contributed by atoms with Crippen molar-refractivity contribution >= 4 is 27.7 Å². The minimum absolute atomic E-state index is 0.155. The summed E-state index contributed by atoms with van der Waals surface area (Å²) in [6.07, 6.45) is 0. The third-order valence-electron chi connectivity index (χ3n) is 1.88. The molecule has 0 unspecified atom stereocenters. The van der Waals surface area contributed by atoms with Crippen LogP contribution in [0.1, 0.15) is 0 Å². The van der Waals surface area contributed by atoms with Crippen molar-refractivity contribution in [3.8, 4) is 0 Å². The standard InChI is InChI=1S/C10H10N2OS/c1-12-7-9(13)14-10(12)11-8-5-3-2-4-6-8/h2-6H,7H2,1H3. The van der Waals surface area contributed by atoms with Crippen molar-refractivity contribution in [2.24, 2.45) is 4.99 Å². The van der Waals surface area contributed by atoms with Crippen LogP contribution in [0, 0.1) is 0 Å². The molecule has 1 aromatic carbocycles. The minimum atomic E-state index is 0.155. The molecule has 0 spiro atoms. The van der Waals surface area contributed by atoms with Gasteiger partial charge in [0, 0.05) is 7.05 Å². The summed E-state index contributed by atoms with van der Waals surface area (Å²) in [5, 5.41) is 0.934. The van der Waals surface area contributed by atoms with Gasteiger partial charge in [-0.15, -0.1) is 0 Å². The van der Waals surface area contributed by atoms with Gasteiger partial charge in [0.15, 0.2) is 5.17 Å². The highest BCUT2D eigenvalue weighted by molar-refractivity contribution is 8.26. The van der Waals surface area contributed by atoms with Crippen LogP contribution in [0.15, 0.2) is 35.3 Å². The van der Waals surface area contributed by atoms with E-state index in [1.165, 1.54) is 11.8 Å². The maximum atomic E-state index is 11.1. The molecule has 1 aliphatic heterocycles. The summed E-state index contributed by atoms with van der Waals surface area (Å²) in [7, 11) is 1.87. The van der Waals surface area contributed by atoms with Crippen molar-refractivity contribution in [1.82, 2.24) is 4.90 Å². The molecule has 0 aromatic heterocycles. The molecule has 0 amide bonds. The fourth-order valence-corrected chi connectivity index (χ4v) is 2.03. The van der Waals surface area contributed by atoms with Gasteiger partial charge in [-0.1, -0.05) is 18.2 Å². The van der Waals surface area contributed by atoms with E-state index >= 15 is 0 Å². The van der Waals surface area contributed by atoms with Crippen molar-refractivity contribution in [1.29, 1.82) is 0 Å². The van der Waals surface area contributed by atoms with Crippen LogP contribution in [0.25, 0.3) is 0 Å². The van der Waals surface area contributed by atoms with Gasteiger partial charge >= 0.3 is 0 Å². The third-order valence-corrected chi connectivity index (χ3v) is 2.82. The Balaban J connectivity index is 2.23. The Morgan fingerprint density at radius 2 is 2.07 bits per heavy atom. The zero-order valence-electron chi connectivity index (χ0n) is 7.80. The smallest absolute Gasteiger partial charge is 0.215 e. The molecule has 1 saturated heterocycles. The number of hydrogen-bond acceptors (Lipinski definition) is 3. The largest absolute Gasteiger partial charge is 0.346 e. The predicted octanol–water partition coefficient (Wildman–Crippen LogP) is 1.88. The second-order valence-electron chi connectivity index (χ2n) is 3.06. The van der Waals surface area contributed by atoms with E-state index in [1.54, 1.807) is 0 Å². The number of benzene rings is 1. The molecule has 0 bridgehead atoms. The molecule has 72 valence electrons. The molecule has 1 aromatic rings. The maximum absolute atomic E-state index is 11.1. The number of aliphatic imine (C=N–C) groups is 1. The van der Waals surface area contributed by atoms with Gasteiger partial charge in [0.2, 0.25) is 5.12 Å². The van der Waals surface area contributed by atoms with E-state index in [9.17, 15) is 4.79 Å². The molecule has 14 heavy (non-hydrogen) atoms. The Morgan fingerprint density at radius 1 is 1.36 bits per heavy atom. The molecule has 0 aliphatic carbocycles. The number of carbonyl (C=O) groups is 1. The number of hydrogen-bond donors (Lipinski definition) is 0. The molecule has 0 N–H and O–H groups in total. The Labute approximate surface area is 86.8 Å². The van der Waals surface area contributed by atoms with Crippen LogP contribution in [-0.2, 0) is 4.79 Å². The lowest BCUT2D eigenvalue weighted by Gasteiger charge is -2.07. The summed E-state index contributed by atoms with van der Waals surface area (Å²) in [5.74, 6) is 0. The van der Waals surface area contributed by atoms with Crippen LogP contribution in [0.2, 0.25) is 0 Å². The van der Waals surface area contributed by atoms with Gasteiger partial charge < -0.3 is 4.90 Å². The second-order valence-corrected chi connectivity index (χ2v) is 4.08. The number of likely N-dealkylation sites (N-methyl/N-ethyl adjacent to an activating group) is 1. The third kappa shape index (κ3) is 1.96. The van der Waals surface area contributed by atoms with Crippen molar-refractivity contribution in [2.45, 2.75) is 0 Å². The van der Waals surface area contributed by atoms with Gasteiger partial charge in [0.25, 0.3) is 0 Å². The van der Waals surface area contributed by atoms with E-state index in [2.05, 4.69) is 4.99 Å². The fourth-order valence-electron chi connectivity index (χ4n) is 1.19. The lowest BCUT2D eigenvalue weighted by molar-refractivity contribution is -0.110. The van der Waals surface area contributed by atoms with Crippen molar-refractivity contribution in [3.05, 3.63) is 30.3 Å². The molecule has 1 aliphatic rings. The fraction of sp³-hybridized carbons (Fsp3) is 0.200. The van der Waals surface area contributed by atoms with Gasteiger partial charge in [0.05, 0.1) is 12.2 Å². The summed E-state index contributed by atoms with van der Waals surface area (Å²) < 4.78 is 0. The van der Waals surface area contributed by atoms with E-state index in [1.807, 2.05) is 42.3 Å². The highest BCUT2D eigenvalue weighted by Crippen LogP contribution is 2.21. The van der Waals surface area contributed by atoms with Gasteiger partial charge in [-0.2, -0.15) is 0 Å². The van der Waals surface area contributed by atoms with Crippen molar-refractivity contribution in [2.75, 3.05) is 13.6 Å². The van der Waals surface area contributed by atoms with Crippen LogP contribution in [0.3, 0.4) is 0 Å². The van der Waals surface area contributed by atoms with Crippen LogP contribution in [-0.4, -0.2) is 28.8 Å². The maximum Gasteiger partial charge on any atom is 0.215 e. The first-order valence-electron chi connectivity index (χ1n) is 4.31. The van der Waals surface area contributed by atoms with Crippen LogP contribution >= 0.6 is 11.8 Å². The molecule has 0 atom stereocenters. The molecule has 0 radical (unpaired) electrons. The number of amidine groups is 1. The minimum Gasteiger partial charge on any atom is -0.346 e. The van der Waals surface area contributed by atoms with E-state index in [0.29, 0.717) is 6.54 Å². The molecule has 1 heterocycles. The van der Waals surface area contributed by atoms with E-state index in [4.69, 9.17) is 0 Å². The Kier molecular flexibility index (Phi) is 2.54. The normalized spacial score (nSPS) is 19.4. The lowest BCUT2D eigenvalue weighted by atomic mass is 10.3. The van der Waals surface area contributed by atoms with Crippen LogP contribution in [0.4, 0.5) is 5.69 Å². The summed E-state index contributed by atoms with van der Waals surface area (Å²) in [6, 6.07) is 9.65. The summed E-state index contributed by atoms with van der Waals surface area (Å²) >= 11 is 1.21. The quantitative estimate of drug-likeness (QED) is 0.703. The summed E-state index contributed by atoms with van der Waals surface area (Å²) in [5.41, 5.74) is 0.886. The topological polar surface area (TPSA) is 32.7 Å². The first-order chi connectivity index (χ1) is 6.75. The van der Waals surface area contributed by atoms with Crippen molar-refractivity contribution < 1.29 is 4.79 Å². The molecular weight excluding hydrogens is 196 g/mol. The molecule has 2 rings (SSSR count). The van der Waals surface area contributed by atoms with Crippen LogP contribution in [0.5, 0.6) is 0 Å². The molecule has 4 heteroatoms. The summed E-state index contributed by atoms with van der Waals surface area (Å²) in [4.78, 5) is 17.3. The number of nitrogens with zero attached hydrogens (tertiary/aromatic N) is 2. The zero-order valence-corrected chi connectivity index (χ0v) is 8.62. The lowest BCUT2D eigenvalue weighted by Crippen LogP contribution is -2.18. The molecule has 3 nitrogen and oxygen atoms in total. The first kappa shape index (κ1) is 9.27. The monoisotopic (exact) mass is 206 g/mol. The highest BCUT2D eigenvalue weighted by Gasteiger charge is 2.23. The molecular formula is C10H10N2OS. The second kappa shape index (κ2) is 3.84. The van der Waals surface area contributed by atoms with E-state index in [0.717, 1.165) is 10.9 Å². The number of para-hydroxylation sites is 1. The average molecular weight is 206 g/mol. The Morgan fingerprint density at radius 3 is 2.64 bits per heavy atom. The van der Waals surface area contributed by atoms with Gasteiger partial charge in [0.1, 0.15) is 0 Å². The first-order valence-corrected chi connectivity index (χ1v) is 5.13. The van der Waals surface area contributed by atoms with Gasteiger partial charge in [-0.05, 0) is 23.9 Å².